The highest BCUT2D eigenvalue weighted by atomic mass is 16.5. The Morgan fingerprint density at radius 2 is 1.93 bits per heavy atom. The number of anilines is 1. The second-order valence-corrected chi connectivity index (χ2v) is 13.6. The molecular formula is C34H47N3O5. The number of methoxy groups -OCH3 is 1. The Balaban J connectivity index is 1.42. The quantitative estimate of drug-likeness (QED) is 0.390. The number of benzene rings is 2. The fraction of sp³-hybridized carbons (Fsp3) is 0.588. The summed E-state index contributed by atoms with van der Waals surface area (Å²) in [6.07, 6.45) is 2.41. The molecule has 4 fully saturated rings. The van der Waals surface area contributed by atoms with Gasteiger partial charge in [-0.1, -0.05) is 39.0 Å². The number of aliphatic hydroxyl groups is 1. The number of nitrogens with zero attached hydrogens (tertiary/aromatic N) is 2. The zero-order chi connectivity index (χ0) is 30.5. The summed E-state index contributed by atoms with van der Waals surface area (Å²) in [5.74, 6) is 1.24. The van der Waals surface area contributed by atoms with Gasteiger partial charge in [-0.15, -0.1) is 0 Å². The molecule has 0 radical (unpaired) electrons. The van der Waals surface area contributed by atoms with Crippen LogP contribution in [0, 0.1) is 29.1 Å². The van der Waals surface area contributed by atoms with Gasteiger partial charge in [-0.3, -0.25) is 9.69 Å². The number of aliphatic hydroxyl groups excluding tert-OH is 1. The van der Waals surface area contributed by atoms with E-state index in [1.807, 2.05) is 43.3 Å². The Morgan fingerprint density at radius 1 is 1.19 bits per heavy atom. The number of para-hydroxylation sites is 1. The van der Waals surface area contributed by atoms with Crippen molar-refractivity contribution in [2.24, 2.45) is 29.1 Å². The van der Waals surface area contributed by atoms with Gasteiger partial charge >= 0.3 is 5.97 Å². The SMILES string of the molecule is COc1c(CN2CC[C@@H]([C@H](C)O)[C@H]2C(=O)NC2C[C@@H]3C[C@@H]([C@@H]2C)C3(C)C)cccc1-c1cc(C(=O)O)cc(N(C)C)c1. The molecule has 2 bridgehead atoms. The lowest BCUT2D eigenvalue weighted by Gasteiger charge is -2.62. The number of nitrogens with one attached hydrogen (secondary N) is 1. The summed E-state index contributed by atoms with van der Waals surface area (Å²) in [7, 11) is 5.39. The van der Waals surface area contributed by atoms with Crippen LogP contribution in [0.4, 0.5) is 5.69 Å². The highest BCUT2D eigenvalue weighted by Crippen LogP contribution is 2.61. The van der Waals surface area contributed by atoms with E-state index >= 15 is 0 Å². The molecule has 6 rings (SSSR count). The normalized spacial score (nSPS) is 29.0. The molecule has 1 amide bonds. The number of fused-ring (bicyclic) bond motifs is 2. The van der Waals surface area contributed by atoms with Crippen molar-refractivity contribution in [2.45, 2.75) is 71.7 Å². The van der Waals surface area contributed by atoms with Crippen LogP contribution < -0.4 is 15.0 Å². The maximum atomic E-state index is 13.9. The maximum Gasteiger partial charge on any atom is 0.335 e. The summed E-state index contributed by atoms with van der Waals surface area (Å²) in [5.41, 5.74) is 3.80. The van der Waals surface area contributed by atoms with Crippen LogP contribution >= 0.6 is 0 Å². The van der Waals surface area contributed by atoms with Crippen LogP contribution in [0.1, 0.15) is 62.9 Å². The molecule has 3 N–H and O–H groups in total. The Kier molecular flexibility index (Phi) is 8.33. The summed E-state index contributed by atoms with van der Waals surface area (Å²) < 4.78 is 5.95. The number of hydrogen-bond donors (Lipinski definition) is 3. The topological polar surface area (TPSA) is 102 Å². The Morgan fingerprint density at radius 3 is 2.52 bits per heavy atom. The van der Waals surface area contributed by atoms with Gasteiger partial charge in [0.2, 0.25) is 5.91 Å². The van der Waals surface area contributed by atoms with E-state index < -0.39 is 18.1 Å². The van der Waals surface area contributed by atoms with Gasteiger partial charge in [0.15, 0.2) is 0 Å². The van der Waals surface area contributed by atoms with Crippen LogP contribution in [0.2, 0.25) is 0 Å². The molecule has 1 saturated heterocycles. The summed E-state index contributed by atoms with van der Waals surface area (Å²) in [6.45, 7) is 9.97. The third kappa shape index (κ3) is 5.39. The molecule has 0 spiro atoms. The minimum Gasteiger partial charge on any atom is -0.496 e. The summed E-state index contributed by atoms with van der Waals surface area (Å²) in [4.78, 5) is 29.9. The highest BCUT2D eigenvalue weighted by Gasteiger charge is 2.57. The first-order valence-corrected chi connectivity index (χ1v) is 15.3. The first-order valence-electron chi connectivity index (χ1n) is 15.3. The Labute approximate surface area is 250 Å². The molecule has 0 aromatic heterocycles. The minimum atomic E-state index is -0.988. The van der Waals surface area contributed by atoms with E-state index in [9.17, 15) is 19.8 Å². The van der Waals surface area contributed by atoms with Crippen LogP contribution in [0.5, 0.6) is 5.75 Å². The number of carboxylic acids is 1. The third-order valence-corrected chi connectivity index (χ3v) is 10.8. The van der Waals surface area contributed by atoms with Gasteiger partial charge in [0.25, 0.3) is 0 Å². The number of carbonyl (C=O) groups is 2. The number of amides is 1. The molecule has 42 heavy (non-hydrogen) atoms. The van der Waals surface area contributed by atoms with Crippen molar-refractivity contribution in [2.75, 3.05) is 32.6 Å². The van der Waals surface area contributed by atoms with E-state index in [0.29, 0.717) is 42.0 Å². The number of likely N-dealkylation sites (tertiary alicyclic amines) is 1. The lowest BCUT2D eigenvalue weighted by Crippen LogP contribution is -2.62. The molecule has 4 aliphatic rings. The second kappa shape index (κ2) is 11.5. The second-order valence-electron chi connectivity index (χ2n) is 13.6. The van der Waals surface area contributed by atoms with Crippen LogP contribution in [-0.2, 0) is 11.3 Å². The standard InChI is InChI=1S/C34H47N3O5/c1-19-28-16-24(34(28,3)4)17-29(19)35-32(39)30-26(20(2)38)11-12-37(30)18-21-9-8-10-27(31(21)42-7)22-13-23(33(40)41)15-25(14-22)36(5)6/h8-10,13-15,19-20,24,26,28-30,38H,11-12,16-18H2,1-7H3,(H,35,39)(H,40,41)/t19-,20-,24-,26-,28-,29?,30-/m0/s1. The fourth-order valence-electron chi connectivity index (χ4n) is 8.08. The lowest BCUT2D eigenvalue weighted by atomic mass is 9.45. The maximum absolute atomic E-state index is 13.9. The molecular weight excluding hydrogens is 530 g/mol. The number of ether oxygens (including phenoxy) is 1. The zero-order valence-electron chi connectivity index (χ0n) is 26.1. The average molecular weight is 578 g/mol. The summed E-state index contributed by atoms with van der Waals surface area (Å²) in [5, 5.41) is 23.9. The monoisotopic (exact) mass is 577 g/mol. The number of rotatable bonds is 9. The molecule has 1 unspecified atom stereocenters. The van der Waals surface area contributed by atoms with Crippen LogP contribution in [0.25, 0.3) is 11.1 Å². The van der Waals surface area contributed by atoms with Crippen LogP contribution in [0.3, 0.4) is 0 Å². The minimum absolute atomic E-state index is 0.00858. The van der Waals surface area contributed by atoms with Crippen molar-refractivity contribution >= 4 is 17.6 Å². The Bertz CT molecular complexity index is 1340. The average Bonchev–Trinajstić information content (AvgIpc) is 3.37. The van der Waals surface area contributed by atoms with Crippen LogP contribution in [0.15, 0.2) is 36.4 Å². The fourth-order valence-corrected chi connectivity index (χ4v) is 8.08. The van der Waals surface area contributed by atoms with Crippen molar-refractivity contribution < 1.29 is 24.5 Å². The van der Waals surface area contributed by atoms with Crippen molar-refractivity contribution in [1.29, 1.82) is 0 Å². The molecule has 228 valence electrons. The molecule has 1 heterocycles. The van der Waals surface area contributed by atoms with E-state index in [4.69, 9.17) is 4.74 Å². The predicted octanol–water partition coefficient (Wildman–Crippen LogP) is 4.88. The number of carbonyl (C=O) groups excluding carboxylic acids is 1. The molecule has 8 heteroatoms. The van der Waals surface area contributed by atoms with Gasteiger partial charge in [0.1, 0.15) is 5.75 Å². The van der Waals surface area contributed by atoms with E-state index in [1.54, 1.807) is 26.2 Å². The van der Waals surface area contributed by atoms with Gasteiger partial charge in [-0.2, -0.15) is 0 Å². The van der Waals surface area contributed by atoms with E-state index in [2.05, 4.69) is 31.0 Å². The van der Waals surface area contributed by atoms with E-state index in [1.165, 1.54) is 6.42 Å². The molecule has 3 saturated carbocycles. The molecule has 2 aromatic rings. The number of aromatic carboxylic acids is 1. The number of carboxylic acid groups (broad SMARTS) is 1. The Hall–Kier alpha value is -3.10. The van der Waals surface area contributed by atoms with Crippen molar-refractivity contribution in [3.63, 3.8) is 0 Å². The van der Waals surface area contributed by atoms with Crippen molar-refractivity contribution in [3.05, 3.63) is 47.5 Å². The molecule has 8 nitrogen and oxygen atoms in total. The predicted molar refractivity (Wildman–Crippen MR) is 165 cm³/mol. The molecule has 2 aromatic carbocycles. The molecule has 1 aliphatic heterocycles. The van der Waals surface area contributed by atoms with Gasteiger partial charge in [-0.05, 0) is 79.7 Å². The summed E-state index contributed by atoms with van der Waals surface area (Å²) >= 11 is 0. The third-order valence-electron chi connectivity index (χ3n) is 10.8. The van der Waals surface area contributed by atoms with Gasteiger partial charge in [-0.25, -0.2) is 4.79 Å². The van der Waals surface area contributed by atoms with Gasteiger partial charge in [0, 0.05) is 49.4 Å². The first kappa shape index (κ1) is 30.4. The largest absolute Gasteiger partial charge is 0.496 e. The number of hydrogen-bond acceptors (Lipinski definition) is 6. The van der Waals surface area contributed by atoms with Crippen LogP contribution in [-0.4, -0.2) is 72.9 Å². The smallest absolute Gasteiger partial charge is 0.335 e. The first-order chi connectivity index (χ1) is 19.8. The van der Waals surface area contributed by atoms with Gasteiger partial charge in [0.05, 0.1) is 24.8 Å². The van der Waals surface area contributed by atoms with E-state index in [0.717, 1.165) is 35.2 Å². The van der Waals surface area contributed by atoms with Crippen molar-refractivity contribution in [3.8, 4) is 16.9 Å². The lowest BCUT2D eigenvalue weighted by molar-refractivity contribution is -0.139. The highest BCUT2D eigenvalue weighted by molar-refractivity contribution is 5.92. The van der Waals surface area contributed by atoms with Gasteiger partial charge < -0.3 is 25.2 Å². The van der Waals surface area contributed by atoms with Crippen molar-refractivity contribution in [1.82, 2.24) is 10.2 Å². The summed E-state index contributed by atoms with van der Waals surface area (Å²) in [6, 6.07) is 10.9. The molecule has 7 atom stereocenters. The zero-order valence-corrected chi connectivity index (χ0v) is 26.1. The van der Waals surface area contributed by atoms with E-state index in [-0.39, 0.29) is 23.4 Å². The molecule has 3 aliphatic carbocycles.